The summed E-state index contributed by atoms with van der Waals surface area (Å²) in [6.07, 6.45) is 1.83. The van der Waals surface area contributed by atoms with E-state index in [2.05, 4.69) is 60.5 Å². The fourth-order valence-corrected chi connectivity index (χ4v) is 3.05. The Labute approximate surface area is 117 Å². The van der Waals surface area contributed by atoms with Gasteiger partial charge in [-0.1, -0.05) is 6.07 Å². The predicted molar refractivity (Wildman–Crippen MR) is 82.8 cm³/mol. The fraction of sp³-hybridized carbons (Fsp3) is 0.188. The topological polar surface area (TPSA) is 24.9 Å². The van der Waals surface area contributed by atoms with E-state index in [4.69, 9.17) is 0 Å². The highest BCUT2D eigenvalue weighted by atomic mass is 32.1. The number of thiophene rings is 1. The van der Waals surface area contributed by atoms with Crippen LogP contribution in [0.15, 0.2) is 48.7 Å². The average molecular weight is 268 g/mol. The van der Waals surface area contributed by atoms with E-state index in [1.165, 1.54) is 15.1 Å². The lowest BCUT2D eigenvalue weighted by atomic mass is 10.2. The van der Waals surface area contributed by atoms with Gasteiger partial charge in [-0.3, -0.25) is 4.98 Å². The quantitative estimate of drug-likeness (QED) is 0.739. The molecule has 1 atom stereocenters. The minimum atomic E-state index is 0.327. The maximum Gasteiger partial charge on any atom is 0.0703 e. The highest BCUT2D eigenvalue weighted by Gasteiger charge is 2.07. The standard InChI is InChI=1S/C16H16N2S/c1-11-5-8-16(19-11)12(2)18-14-6-7-15-13(10-14)4-3-9-17-15/h3-10,12,18H,1-2H3. The summed E-state index contributed by atoms with van der Waals surface area (Å²) in [6.45, 7) is 4.33. The molecular formula is C16H16N2S. The van der Waals surface area contributed by atoms with Gasteiger partial charge in [0.25, 0.3) is 0 Å². The number of benzene rings is 1. The first-order valence-electron chi connectivity index (χ1n) is 6.40. The number of anilines is 1. The van der Waals surface area contributed by atoms with Crippen LogP contribution < -0.4 is 5.32 Å². The first kappa shape index (κ1) is 12.2. The van der Waals surface area contributed by atoms with Gasteiger partial charge in [0.1, 0.15) is 0 Å². The number of hydrogen-bond donors (Lipinski definition) is 1. The number of fused-ring (bicyclic) bond motifs is 1. The van der Waals surface area contributed by atoms with Crippen molar-refractivity contribution in [3.63, 3.8) is 0 Å². The van der Waals surface area contributed by atoms with Gasteiger partial charge in [-0.25, -0.2) is 0 Å². The lowest BCUT2D eigenvalue weighted by Gasteiger charge is -2.14. The smallest absolute Gasteiger partial charge is 0.0703 e. The largest absolute Gasteiger partial charge is 0.378 e. The van der Waals surface area contributed by atoms with Gasteiger partial charge in [-0.05, 0) is 50.2 Å². The van der Waals surface area contributed by atoms with Gasteiger partial charge >= 0.3 is 0 Å². The van der Waals surface area contributed by atoms with E-state index >= 15 is 0 Å². The number of aryl methyl sites for hydroxylation is 1. The van der Waals surface area contributed by atoms with E-state index in [1.807, 2.05) is 23.6 Å². The molecule has 0 bridgehead atoms. The third kappa shape index (κ3) is 2.61. The van der Waals surface area contributed by atoms with Crippen molar-refractivity contribution < 1.29 is 0 Å². The molecule has 2 aromatic heterocycles. The van der Waals surface area contributed by atoms with Crippen molar-refractivity contribution in [2.75, 3.05) is 5.32 Å². The second-order valence-corrected chi connectivity index (χ2v) is 6.04. The van der Waals surface area contributed by atoms with Crippen molar-refractivity contribution in [1.29, 1.82) is 0 Å². The van der Waals surface area contributed by atoms with E-state index in [-0.39, 0.29) is 0 Å². The molecule has 1 unspecified atom stereocenters. The molecule has 0 spiro atoms. The van der Waals surface area contributed by atoms with E-state index in [0.717, 1.165) is 11.2 Å². The maximum absolute atomic E-state index is 4.34. The van der Waals surface area contributed by atoms with Gasteiger partial charge in [-0.15, -0.1) is 11.3 Å². The third-order valence-electron chi connectivity index (χ3n) is 3.17. The second kappa shape index (κ2) is 5.02. The Morgan fingerprint density at radius 1 is 1.16 bits per heavy atom. The van der Waals surface area contributed by atoms with Crippen LogP contribution in [0.25, 0.3) is 10.9 Å². The Bertz CT molecular complexity index is 703. The first-order chi connectivity index (χ1) is 9.22. The molecule has 2 nitrogen and oxygen atoms in total. The molecule has 3 rings (SSSR count). The van der Waals surface area contributed by atoms with Crippen LogP contribution in [-0.4, -0.2) is 4.98 Å². The second-order valence-electron chi connectivity index (χ2n) is 4.73. The summed E-state index contributed by atoms with van der Waals surface area (Å²) < 4.78 is 0. The summed E-state index contributed by atoms with van der Waals surface area (Å²) in [5.74, 6) is 0. The molecule has 0 aliphatic heterocycles. The zero-order valence-electron chi connectivity index (χ0n) is 11.1. The highest BCUT2D eigenvalue weighted by molar-refractivity contribution is 7.12. The fourth-order valence-electron chi connectivity index (χ4n) is 2.17. The lowest BCUT2D eigenvalue weighted by Crippen LogP contribution is -2.04. The van der Waals surface area contributed by atoms with Crippen molar-refractivity contribution in [3.8, 4) is 0 Å². The van der Waals surface area contributed by atoms with Crippen molar-refractivity contribution in [3.05, 3.63) is 58.4 Å². The van der Waals surface area contributed by atoms with E-state index < -0.39 is 0 Å². The molecule has 1 N–H and O–H groups in total. The van der Waals surface area contributed by atoms with Crippen LogP contribution in [0.1, 0.15) is 22.7 Å². The minimum absolute atomic E-state index is 0.327. The molecule has 0 saturated carbocycles. The Hall–Kier alpha value is -1.87. The molecule has 0 radical (unpaired) electrons. The summed E-state index contributed by atoms with van der Waals surface area (Å²) in [5, 5.41) is 4.71. The van der Waals surface area contributed by atoms with E-state index in [9.17, 15) is 0 Å². The van der Waals surface area contributed by atoms with Crippen LogP contribution in [0, 0.1) is 6.92 Å². The molecule has 0 aliphatic rings. The van der Waals surface area contributed by atoms with Crippen molar-refractivity contribution in [2.24, 2.45) is 0 Å². The molecule has 0 saturated heterocycles. The number of rotatable bonds is 3. The normalized spacial score (nSPS) is 12.5. The Kier molecular flexibility index (Phi) is 3.22. The van der Waals surface area contributed by atoms with Gasteiger partial charge < -0.3 is 5.32 Å². The molecule has 3 heteroatoms. The van der Waals surface area contributed by atoms with Gasteiger partial charge in [0.05, 0.1) is 11.6 Å². The first-order valence-corrected chi connectivity index (χ1v) is 7.22. The summed E-state index contributed by atoms with van der Waals surface area (Å²) in [4.78, 5) is 7.05. The van der Waals surface area contributed by atoms with Crippen LogP contribution in [0.3, 0.4) is 0 Å². The number of nitrogens with one attached hydrogen (secondary N) is 1. The molecule has 0 amide bonds. The van der Waals surface area contributed by atoms with Gasteiger partial charge in [0, 0.05) is 27.0 Å². The molecule has 3 aromatic rings. The summed E-state index contributed by atoms with van der Waals surface area (Å²) in [5.41, 5.74) is 2.17. The SMILES string of the molecule is Cc1ccc(C(C)Nc2ccc3ncccc3c2)s1. The van der Waals surface area contributed by atoms with Gasteiger partial charge in [0.15, 0.2) is 0 Å². The zero-order valence-corrected chi connectivity index (χ0v) is 11.9. The highest BCUT2D eigenvalue weighted by Crippen LogP contribution is 2.26. The number of pyridine rings is 1. The Balaban J connectivity index is 1.84. The van der Waals surface area contributed by atoms with Crippen molar-refractivity contribution in [2.45, 2.75) is 19.9 Å². The number of hydrogen-bond acceptors (Lipinski definition) is 3. The molecule has 0 fully saturated rings. The summed E-state index contributed by atoms with van der Waals surface area (Å²) in [6, 6.07) is 15.1. The Morgan fingerprint density at radius 3 is 2.84 bits per heavy atom. The molecule has 0 aliphatic carbocycles. The number of aromatic nitrogens is 1. The molecule has 2 heterocycles. The molecular weight excluding hydrogens is 252 g/mol. The molecule has 1 aromatic carbocycles. The number of nitrogens with zero attached hydrogens (tertiary/aromatic N) is 1. The Morgan fingerprint density at radius 2 is 2.05 bits per heavy atom. The molecule has 19 heavy (non-hydrogen) atoms. The predicted octanol–water partition coefficient (Wildman–Crippen LogP) is 4.78. The molecule has 96 valence electrons. The average Bonchev–Trinajstić information content (AvgIpc) is 2.85. The third-order valence-corrected chi connectivity index (χ3v) is 4.36. The van der Waals surface area contributed by atoms with Crippen LogP contribution in [-0.2, 0) is 0 Å². The minimum Gasteiger partial charge on any atom is -0.378 e. The zero-order chi connectivity index (χ0) is 13.2. The van der Waals surface area contributed by atoms with E-state index in [1.54, 1.807) is 0 Å². The monoisotopic (exact) mass is 268 g/mol. The van der Waals surface area contributed by atoms with Crippen LogP contribution in [0.5, 0.6) is 0 Å². The van der Waals surface area contributed by atoms with Gasteiger partial charge in [0.2, 0.25) is 0 Å². The van der Waals surface area contributed by atoms with Gasteiger partial charge in [-0.2, -0.15) is 0 Å². The van der Waals surface area contributed by atoms with Crippen LogP contribution in [0.4, 0.5) is 5.69 Å². The summed E-state index contributed by atoms with van der Waals surface area (Å²) in [7, 11) is 0. The van der Waals surface area contributed by atoms with Crippen molar-refractivity contribution >= 4 is 27.9 Å². The maximum atomic E-state index is 4.34. The summed E-state index contributed by atoms with van der Waals surface area (Å²) >= 11 is 1.84. The lowest BCUT2D eigenvalue weighted by molar-refractivity contribution is 0.908. The van der Waals surface area contributed by atoms with E-state index in [0.29, 0.717) is 6.04 Å². The van der Waals surface area contributed by atoms with Crippen LogP contribution in [0.2, 0.25) is 0 Å². The van der Waals surface area contributed by atoms with Crippen molar-refractivity contribution in [1.82, 2.24) is 4.98 Å². The van der Waals surface area contributed by atoms with Crippen LogP contribution >= 0.6 is 11.3 Å².